The van der Waals surface area contributed by atoms with E-state index in [0.717, 1.165) is 44.6 Å². The Balaban J connectivity index is 0.907. The van der Waals surface area contributed by atoms with Gasteiger partial charge in [-0.1, -0.05) is 135 Å². The number of para-hydroxylation sites is 2. The second kappa shape index (κ2) is 13.6. The summed E-state index contributed by atoms with van der Waals surface area (Å²) in [4.78, 5) is 2.38. The van der Waals surface area contributed by atoms with Gasteiger partial charge in [-0.05, 0) is 128 Å². The molecule has 1 aliphatic carbocycles. The zero-order valence-corrected chi connectivity index (χ0v) is 33.7. The van der Waals surface area contributed by atoms with Crippen molar-refractivity contribution in [3.63, 3.8) is 0 Å². The summed E-state index contributed by atoms with van der Waals surface area (Å²) >= 11 is 0. The minimum absolute atomic E-state index is 0.240. The Bertz CT molecular complexity index is 3230. The molecule has 290 valence electrons. The van der Waals surface area contributed by atoms with E-state index >= 15 is 0 Å². The molecular formula is C57H39NO3. The monoisotopic (exact) mass is 785 g/mol. The van der Waals surface area contributed by atoms with Crippen LogP contribution in [0.5, 0.6) is 23.0 Å². The Morgan fingerprint density at radius 2 is 0.803 bits per heavy atom. The van der Waals surface area contributed by atoms with Crippen molar-refractivity contribution in [2.45, 2.75) is 19.3 Å². The minimum atomic E-state index is -0.240. The molecule has 0 unspecified atom stereocenters. The molecule has 0 N–H and O–H groups in total. The third-order valence-corrected chi connectivity index (χ3v) is 12.5. The van der Waals surface area contributed by atoms with Crippen LogP contribution < -0.4 is 14.4 Å². The fraction of sp³-hybridized carbons (Fsp3) is 0.0526. The molecule has 2 heterocycles. The lowest BCUT2D eigenvalue weighted by atomic mass is 9.81. The van der Waals surface area contributed by atoms with E-state index in [1.807, 2.05) is 36.4 Å². The third kappa shape index (κ3) is 5.83. The van der Waals surface area contributed by atoms with Crippen LogP contribution in [0, 0.1) is 0 Å². The molecule has 0 radical (unpaired) electrons. The summed E-state index contributed by atoms with van der Waals surface area (Å²) in [5.74, 6) is 2.74. The quantitative estimate of drug-likeness (QED) is 0.168. The predicted octanol–water partition coefficient (Wildman–Crippen LogP) is 16.3. The number of rotatable bonds is 6. The molecule has 0 amide bonds. The van der Waals surface area contributed by atoms with E-state index in [1.54, 1.807) is 0 Å². The van der Waals surface area contributed by atoms with Crippen molar-refractivity contribution < 1.29 is 13.9 Å². The molecule has 4 nitrogen and oxygen atoms in total. The highest BCUT2D eigenvalue weighted by atomic mass is 16.6. The fourth-order valence-electron chi connectivity index (χ4n) is 9.34. The maximum atomic E-state index is 6.35. The molecule has 0 atom stereocenters. The zero-order chi connectivity index (χ0) is 40.7. The van der Waals surface area contributed by atoms with Gasteiger partial charge in [0.2, 0.25) is 0 Å². The minimum Gasteiger partial charge on any atom is -0.456 e. The number of ether oxygens (including phenoxy) is 2. The van der Waals surface area contributed by atoms with E-state index in [2.05, 4.69) is 183 Å². The van der Waals surface area contributed by atoms with Crippen molar-refractivity contribution in [3.05, 3.63) is 211 Å². The molecule has 2 aliphatic rings. The number of fused-ring (bicyclic) bond motifs is 8. The van der Waals surface area contributed by atoms with Gasteiger partial charge < -0.3 is 18.8 Å². The Morgan fingerprint density at radius 1 is 0.344 bits per heavy atom. The molecule has 4 heteroatoms. The van der Waals surface area contributed by atoms with E-state index in [9.17, 15) is 0 Å². The average molecular weight is 786 g/mol. The Kier molecular flexibility index (Phi) is 7.85. The largest absolute Gasteiger partial charge is 0.456 e. The van der Waals surface area contributed by atoms with Crippen molar-refractivity contribution in [2.75, 3.05) is 4.90 Å². The second-order valence-electron chi connectivity index (χ2n) is 16.5. The molecule has 0 saturated carbocycles. The first-order chi connectivity index (χ1) is 29.9. The van der Waals surface area contributed by atoms with Crippen molar-refractivity contribution in [1.82, 2.24) is 0 Å². The summed E-state index contributed by atoms with van der Waals surface area (Å²) < 4.78 is 18.8. The van der Waals surface area contributed by atoms with Gasteiger partial charge in [0.15, 0.2) is 23.0 Å². The van der Waals surface area contributed by atoms with Gasteiger partial charge in [-0.25, -0.2) is 0 Å². The van der Waals surface area contributed by atoms with Crippen LogP contribution in [0.15, 0.2) is 205 Å². The van der Waals surface area contributed by atoms with E-state index in [-0.39, 0.29) is 5.41 Å². The predicted molar refractivity (Wildman–Crippen MR) is 249 cm³/mol. The number of benzene rings is 9. The van der Waals surface area contributed by atoms with Crippen LogP contribution in [0.25, 0.3) is 66.4 Å². The fourth-order valence-corrected chi connectivity index (χ4v) is 9.34. The maximum Gasteiger partial charge on any atom is 0.173 e. The lowest BCUT2D eigenvalue weighted by Gasteiger charge is -2.28. The lowest BCUT2D eigenvalue weighted by molar-refractivity contribution is 0.360. The molecule has 1 aliphatic heterocycles. The average Bonchev–Trinajstić information content (AvgIpc) is 3.78. The summed E-state index contributed by atoms with van der Waals surface area (Å²) in [5, 5.41) is 2.04. The second-order valence-corrected chi connectivity index (χ2v) is 16.5. The smallest absolute Gasteiger partial charge is 0.173 e. The summed E-state index contributed by atoms with van der Waals surface area (Å²) in [6.45, 7) is 4.71. The lowest BCUT2D eigenvalue weighted by Crippen LogP contribution is -2.16. The summed E-state index contributed by atoms with van der Waals surface area (Å²) in [5.41, 5.74) is 17.0. The summed E-state index contributed by atoms with van der Waals surface area (Å²) in [6, 6.07) is 71.1. The first kappa shape index (κ1) is 35.2. The molecule has 0 bridgehead atoms. The van der Waals surface area contributed by atoms with Crippen LogP contribution in [0.3, 0.4) is 0 Å². The third-order valence-electron chi connectivity index (χ3n) is 12.5. The van der Waals surface area contributed by atoms with E-state index in [0.29, 0.717) is 23.0 Å². The SMILES string of the molecule is CC1(C)c2cc(-c3ccc4oc5cc6c(cc5c4c3)Oc3ccccc3O6)ccc2-c2ccc(N(c3ccc(-c4ccccc4)cc3)c3ccc(-c4ccccc4)cc3)cc21. The number of anilines is 3. The maximum absolute atomic E-state index is 6.35. The first-order valence-electron chi connectivity index (χ1n) is 20.8. The standard InChI is InChI=1S/C57H39NO3/c1-57(2)49-32-41(40-22-30-51-47(31-40)48-34-55-56(35-54(48)59-51)61-53-16-10-9-15-52(53)60-55)21-28-45(49)46-29-27-44(33-50(46)57)58(42-23-17-38(18-24-42)36-11-5-3-6-12-36)43-25-19-39(20-26-43)37-13-7-4-8-14-37/h3-35H,1-2H3. The van der Waals surface area contributed by atoms with Gasteiger partial charge >= 0.3 is 0 Å². The number of hydrogen-bond acceptors (Lipinski definition) is 4. The molecule has 0 fully saturated rings. The number of furan rings is 1. The molecule has 9 aromatic carbocycles. The zero-order valence-electron chi connectivity index (χ0n) is 33.7. The topological polar surface area (TPSA) is 34.8 Å². The summed E-state index contributed by atoms with van der Waals surface area (Å²) in [6.07, 6.45) is 0. The van der Waals surface area contributed by atoms with Gasteiger partial charge in [0.25, 0.3) is 0 Å². The molecule has 0 spiro atoms. The van der Waals surface area contributed by atoms with Gasteiger partial charge in [-0.3, -0.25) is 0 Å². The Hall–Kier alpha value is -7.82. The highest BCUT2D eigenvalue weighted by Crippen LogP contribution is 2.53. The first-order valence-corrected chi connectivity index (χ1v) is 20.8. The molecule has 10 aromatic rings. The van der Waals surface area contributed by atoms with Gasteiger partial charge in [0, 0.05) is 39.3 Å². The van der Waals surface area contributed by atoms with Crippen molar-refractivity contribution in [2.24, 2.45) is 0 Å². The number of hydrogen-bond donors (Lipinski definition) is 0. The van der Waals surface area contributed by atoms with Gasteiger partial charge in [-0.15, -0.1) is 0 Å². The van der Waals surface area contributed by atoms with Crippen molar-refractivity contribution >= 4 is 39.0 Å². The molecule has 61 heavy (non-hydrogen) atoms. The molecule has 1 aromatic heterocycles. The summed E-state index contributed by atoms with van der Waals surface area (Å²) in [7, 11) is 0. The van der Waals surface area contributed by atoms with E-state index in [4.69, 9.17) is 13.9 Å². The molecule has 0 saturated heterocycles. The number of nitrogens with zero attached hydrogens (tertiary/aromatic N) is 1. The Morgan fingerprint density at radius 3 is 1.43 bits per heavy atom. The van der Waals surface area contributed by atoms with Gasteiger partial charge in [0.1, 0.15) is 11.2 Å². The highest BCUT2D eigenvalue weighted by Gasteiger charge is 2.36. The molecular weight excluding hydrogens is 747 g/mol. The van der Waals surface area contributed by atoms with Crippen LogP contribution in [-0.2, 0) is 5.41 Å². The van der Waals surface area contributed by atoms with Gasteiger partial charge in [-0.2, -0.15) is 0 Å². The Labute approximate surface area is 354 Å². The highest BCUT2D eigenvalue weighted by molar-refractivity contribution is 6.07. The normalized spacial score (nSPS) is 13.1. The van der Waals surface area contributed by atoms with Crippen molar-refractivity contribution in [1.29, 1.82) is 0 Å². The van der Waals surface area contributed by atoms with Crippen LogP contribution in [0.1, 0.15) is 25.0 Å². The van der Waals surface area contributed by atoms with Gasteiger partial charge in [0.05, 0.1) is 0 Å². The van der Waals surface area contributed by atoms with Crippen LogP contribution in [0.4, 0.5) is 17.1 Å². The van der Waals surface area contributed by atoms with Crippen LogP contribution in [0.2, 0.25) is 0 Å². The van der Waals surface area contributed by atoms with E-state index < -0.39 is 0 Å². The van der Waals surface area contributed by atoms with Crippen LogP contribution in [-0.4, -0.2) is 0 Å². The van der Waals surface area contributed by atoms with Crippen LogP contribution >= 0.6 is 0 Å². The molecule has 12 rings (SSSR count). The van der Waals surface area contributed by atoms with E-state index in [1.165, 1.54) is 50.1 Å². The van der Waals surface area contributed by atoms with Crippen molar-refractivity contribution in [3.8, 4) is 67.5 Å².